The molecule has 4 heteroatoms. The van der Waals surface area contributed by atoms with Crippen molar-refractivity contribution >= 4 is 23.1 Å². The number of thiocarbonyl (C=S) groups is 1. The van der Waals surface area contributed by atoms with Gasteiger partial charge in [0.15, 0.2) is 0 Å². The summed E-state index contributed by atoms with van der Waals surface area (Å²) in [5.74, 6) is 0.382. The van der Waals surface area contributed by atoms with Crippen LogP contribution in [0.4, 0.5) is 0 Å². The Bertz CT molecular complexity index is 280. The average Bonchev–Trinajstić information content (AvgIpc) is 2.50. The number of carbonyl (C=O) groups excluding carboxylic acids is 1. The van der Waals surface area contributed by atoms with Gasteiger partial charge in [-0.15, -0.1) is 0 Å². The summed E-state index contributed by atoms with van der Waals surface area (Å²) in [5.41, 5.74) is 5.40. The van der Waals surface area contributed by atoms with Crippen LogP contribution in [0.5, 0.6) is 0 Å². The number of hydrogen-bond donors (Lipinski definition) is 2. The van der Waals surface area contributed by atoms with Gasteiger partial charge in [-0.2, -0.15) is 0 Å². The highest BCUT2D eigenvalue weighted by atomic mass is 32.1. The molecule has 2 rings (SSSR count). The fraction of sp³-hybridized carbons (Fsp3) is 0.818. The molecule has 0 radical (unpaired) electrons. The maximum Gasteiger partial charge on any atom is 0.223 e. The standard InChI is InChI=1S/C11H18N2OS/c12-10(15)11(6-1-2-7-11)13-9(14)8-4-3-5-8/h8H,1-7H2,(H2,12,15)(H,13,14). The summed E-state index contributed by atoms with van der Waals surface area (Å²) in [6.45, 7) is 0. The van der Waals surface area contributed by atoms with Gasteiger partial charge >= 0.3 is 0 Å². The van der Waals surface area contributed by atoms with E-state index < -0.39 is 0 Å². The average molecular weight is 226 g/mol. The smallest absolute Gasteiger partial charge is 0.223 e. The van der Waals surface area contributed by atoms with E-state index in [0.29, 0.717) is 4.99 Å². The largest absolute Gasteiger partial charge is 0.391 e. The predicted molar refractivity (Wildman–Crippen MR) is 63.5 cm³/mol. The first kappa shape index (κ1) is 10.9. The van der Waals surface area contributed by atoms with E-state index in [-0.39, 0.29) is 17.4 Å². The zero-order chi connectivity index (χ0) is 10.9. The second-order valence-corrected chi connectivity index (χ2v) is 5.21. The Morgan fingerprint density at radius 1 is 1.27 bits per heavy atom. The van der Waals surface area contributed by atoms with Crippen molar-refractivity contribution in [3.63, 3.8) is 0 Å². The normalized spacial score (nSPS) is 24.5. The first-order chi connectivity index (χ1) is 7.14. The van der Waals surface area contributed by atoms with Crippen LogP contribution < -0.4 is 11.1 Å². The minimum Gasteiger partial charge on any atom is -0.391 e. The lowest BCUT2D eigenvalue weighted by Crippen LogP contribution is -2.56. The molecule has 0 unspecified atom stereocenters. The van der Waals surface area contributed by atoms with Gasteiger partial charge in [0.25, 0.3) is 0 Å². The second kappa shape index (κ2) is 4.08. The van der Waals surface area contributed by atoms with Crippen LogP contribution in [0.1, 0.15) is 44.9 Å². The first-order valence-electron chi connectivity index (χ1n) is 5.76. The topological polar surface area (TPSA) is 55.1 Å². The van der Waals surface area contributed by atoms with Gasteiger partial charge in [0.05, 0.1) is 10.5 Å². The van der Waals surface area contributed by atoms with Gasteiger partial charge in [-0.25, -0.2) is 0 Å². The minimum atomic E-state index is -0.359. The van der Waals surface area contributed by atoms with Crippen LogP contribution in [-0.4, -0.2) is 16.4 Å². The van der Waals surface area contributed by atoms with Gasteiger partial charge < -0.3 is 11.1 Å². The summed E-state index contributed by atoms with van der Waals surface area (Å²) in [6, 6.07) is 0. The van der Waals surface area contributed by atoms with Crippen molar-refractivity contribution in [3.8, 4) is 0 Å². The minimum absolute atomic E-state index is 0.163. The number of rotatable bonds is 3. The SMILES string of the molecule is NC(=S)C1(NC(=O)C2CCC2)CCCC1. The van der Waals surface area contributed by atoms with E-state index in [1.54, 1.807) is 0 Å². The van der Waals surface area contributed by atoms with Gasteiger partial charge in [-0.3, -0.25) is 4.79 Å². The fourth-order valence-corrected chi connectivity index (χ4v) is 2.68. The Labute approximate surface area is 95.8 Å². The molecule has 84 valence electrons. The van der Waals surface area contributed by atoms with E-state index >= 15 is 0 Å². The number of carbonyl (C=O) groups is 1. The Morgan fingerprint density at radius 2 is 1.87 bits per heavy atom. The molecular weight excluding hydrogens is 208 g/mol. The number of nitrogens with one attached hydrogen (secondary N) is 1. The maximum atomic E-state index is 11.9. The molecule has 0 heterocycles. The molecule has 0 spiro atoms. The maximum absolute atomic E-state index is 11.9. The molecule has 0 saturated heterocycles. The molecular formula is C11H18N2OS. The predicted octanol–water partition coefficient (Wildman–Crippen LogP) is 1.50. The van der Waals surface area contributed by atoms with Gasteiger partial charge in [0, 0.05) is 5.92 Å². The van der Waals surface area contributed by atoms with E-state index in [2.05, 4.69) is 5.32 Å². The monoisotopic (exact) mass is 226 g/mol. The summed E-state index contributed by atoms with van der Waals surface area (Å²) < 4.78 is 0. The highest BCUT2D eigenvalue weighted by Gasteiger charge is 2.40. The van der Waals surface area contributed by atoms with Crippen molar-refractivity contribution in [3.05, 3.63) is 0 Å². The molecule has 0 bridgehead atoms. The van der Waals surface area contributed by atoms with Crippen LogP contribution in [-0.2, 0) is 4.79 Å². The van der Waals surface area contributed by atoms with Crippen molar-refractivity contribution in [1.82, 2.24) is 5.32 Å². The van der Waals surface area contributed by atoms with E-state index in [0.717, 1.165) is 38.5 Å². The van der Waals surface area contributed by atoms with Crippen LogP contribution in [0.15, 0.2) is 0 Å². The molecule has 0 aliphatic heterocycles. The molecule has 1 amide bonds. The molecule has 2 saturated carbocycles. The highest BCUT2D eigenvalue weighted by molar-refractivity contribution is 7.80. The van der Waals surface area contributed by atoms with E-state index in [1.807, 2.05) is 0 Å². The molecule has 0 atom stereocenters. The molecule has 15 heavy (non-hydrogen) atoms. The third-order valence-corrected chi connectivity index (χ3v) is 4.16. The van der Waals surface area contributed by atoms with Gasteiger partial charge in [-0.05, 0) is 25.7 Å². The molecule has 2 fully saturated rings. The quantitative estimate of drug-likeness (QED) is 0.717. The lowest BCUT2D eigenvalue weighted by atomic mass is 9.83. The number of hydrogen-bond acceptors (Lipinski definition) is 2. The summed E-state index contributed by atoms with van der Waals surface area (Å²) in [4.78, 5) is 12.3. The second-order valence-electron chi connectivity index (χ2n) is 4.77. The highest BCUT2D eigenvalue weighted by Crippen LogP contribution is 2.32. The van der Waals surface area contributed by atoms with Crippen molar-refractivity contribution in [2.45, 2.75) is 50.5 Å². The van der Waals surface area contributed by atoms with Gasteiger partial charge in [0.2, 0.25) is 5.91 Å². The molecule has 3 N–H and O–H groups in total. The molecule has 0 aromatic heterocycles. The number of amides is 1. The van der Waals surface area contributed by atoms with E-state index in [4.69, 9.17) is 18.0 Å². The Morgan fingerprint density at radius 3 is 2.27 bits per heavy atom. The van der Waals surface area contributed by atoms with E-state index in [9.17, 15) is 4.79 Å². The molecule has 0 aromatic carbocycles. The van der Waals surface area contributed by atoms with E-state index in [1.165, 1.54) is 6.42 Å². The van der Waals surface area contributed by atoms with Crippen molar-refractivity contribution in [1.29, 1.82) is 0 Å². The third kappa shape index (κ3) is 2.00. The Kier molecular flexibility index (Phi) is 2.96. The molecule has 3 nitrogen and oxygen atoms in total. The summed E-state index contributed by atoms with van der Waals surface area (Å²) in [5, 5.41) is 3.09. The lowest BCUT2D eigenvalue weighted by Gasteiger charge is -2.33. The molecule has 0 aromatic rings. The molecule has 2 aliphatic rings. The summed E-state index contributed by atoms with van der Waals surface area (Å²) in [6.07, 6.45) is 7.29. The van der Waals surface area contributed by atoms with Crippen molar-refractivity contribution in [2.75, 3.05) is 0 Å². The van der Waals surface area contributed by atoms with Crippen molar-refractivity contribution in [2.24, 2.45) is 11.7 Å². The zero-order valence-electron chi connectivity index (χ0n) is 8.92. The first-order valence-corrected chi connectivity index (χ1v) is 6.17. The number of nitrogens with two attached hydrogens (primary N) is 1. The van der Waals surface area contributed by atoms with Gasteiger partial charge in [-0.1, -0.05) is 31.5 Å². The fourth-order valence-electron chi connectivity index (χ4n) is 2.42. The summed E-state index contributed by atoms with van der Waals surface area (Å²) in [7, 11) is 0. The van der Waals surface area contributed by atoms with Crippen LogP contribution in [0, 0.1) is 5.92 Å². The van der Waals surface area contributed by atoms with Crippen LogP contribution >= 0.6 is 12.2 Å². The summed E-state index contributed by atoms with van der Waals surface area (Å²) >= 11 is 5.09. The lowest BCUT2D eigenvalue weighted by molar-refractivity contribution is -0.128. The molecule has 2 aliphatic carbocycles. The Hall–Kier alpha value is -0.640. The Balaban J connectivity index is 2.00. The zero-order valence-corrected chi connectivity index (χ0v) is 9.74. The van der Waals surface area contributed by atoms with Gasteiger partial charge in [0.1, 0.15) is 0 Å². The van der Waals surface area contributed by atoms with Crippen LogP contribution in [0.3, 0.4) is 0 Å². The van der Waals surface area contributed by atoms with Crippen LogP contribution in [0.2, 0.25) is 0 Å². The van der Waals surface area contributed by atoms with Crippen LogP contribution in [0.25, 0.3) is 0 Å². The third-order valence-electron chi connectivity index (χ3n) is 3.77. The van der Waals surface area contributed by atoms with Crippen molar-refractivity contribution < 1.29 is 4.79 Å².